The van der Waals surface area contributed by atoms with Gasteiger partial charge >= 0.3 is 6.09 Å². The quantitative estimate of drug-likeness (QED) is 0.143. The summed E-state index contributed by atoms with van der Waals surface area (Å²) < 4.78 is 38.5. The van der Waals surface area contributed by atoms with Crippen molar-refractivity contribution in [2.24, 2.45) is 22.7 Å². The second-order valence-corrected chi connectivity index (χ2v) is 14.4. The van der Waals surface area contributed by atoms with E-state index in [-0.39, 0.29) is 30.1 Å². The molecule has 4 fully saturated rings. The zero-order valence-electron chi connectivity index (χ0n) is 24.2. The number of nitrogens with one attached hydrogen (secondary N) is 3. The maximum absolute atomic E-state index is 13.2. The Morgan fingerprint density at radius 2 is 1.70 bits per heavy atom. The van der Waals surface area contributed by atoms with Crippen LogP contribution in [0.5, 0.6) is 0 Å². The van der Waals surface area contributed by atoms with Crippen LogP contribution in [0.4, 0.5) is 4.79 Å². The predicted molar refractivity (Wildman–Crippen MR) is 150 cm³/mol. The molecule has 11 nitrogen and oxygen atoms in total. The first kappa shape index (κ1) is 32.6. The van der Waals surface area contributed by atoms with Crippen LogP contribution < -0.4 is 16.0 Å². The van der Waals surface area contributed by atoms with Crippen LogP contribution in [0.2, 0.25) is 0 Å². The SMILES string of the molecule is CCCCCC12CCC(COC(=O)N[C@@H](CC(C)C)C(=O)N[C@@H](C[C@H]3CCNC3=O)C(O)S(=O)(=O)O)(CC1)CC2. The summed E-state index contributed by atoms with van der Waals surface area (Å²) in [5, 5.41) is 18.0. The Morgan fingerprint density at radius 3 is 2.23 bits per heavy atom. The molecule has 4 rings (SSSR count). The summed E-state index contributed by atoms with van der Waals surface area (Å²) in [6, 6.07) is -2.49. The van der Waals surface area contributed by atoms with Gasteiger partial charge in [-0.25, -0.2) is 4.79 Å². The van der Waals surface area contributed by atoms with Crippen molar-refractivity contribution < 1.29 is 37.2 Å². The molecule has 1 saturated heterocycles. The fraction of sp³-hybridized carbons (Fsp3) is 0.893. The largest absolute Gasteiger partial charge is 0.449 e. The number of rotatable bonds is 15. The van der Waals surface area contributed by atoms with Crippen LogP contribution in [0.1, 0.15) is 104 Å². The highest BCUT2D eigenvalue weighted by Gasteiger charge is 2.48. The molecule has 3 aliphatic carbocycles. The number of carbonyl (C=O) groups excluding carboxylic acids is 3. The van der Waals surface area contributed by atoms with Crippen molar-refractivity contribution in [3.8, 4) is 0 Å². The maximum Gasteiger partial charge on any atom is 0.407 e. The van der Waals surface area contributed by atoms with Crippen LogP contribution in [-0.2, 0) is 24.4 Å². The van der Waals surface area contributed by atoms with E-state index in [4.69, 9.17) is 4.74 Å². The van der Waals surface area contributed by atoms with E-state index < -0.39 is 45.6 Å². The van der Waals surface area contributed by atoms with E-state index in [1.54, 1.807) is 0 Å². The van der Waals surface area contributed by atoms with Gasteiger partial charge in [-0.3, -0.25) is 14.1 Å². The summed E-state index contributed by atoms with van der Waals surface area (Å²) in [5.74, 6) is -1.66. The lowest BCUT2D eigenvalue weighted by Crippen LogP contribution is -2.55. The molecular weight excluding hydrogens is 538 g/mol. The number of ether oxygens (including phenoxy) is 1. The van der Waals surface area contributed by atoms with E-state index in [0.717, 1.165) is 38.5 Å². The first-order valence-electron chi connectivity index (χ1n) is 14.9. The Morgan fingerprint density at radius 1 is 1.07 bits per heavy atom. The summed E-state index contributed by atoms with van der Waals surface area (Å²) in [5.41, 5.74) is -1.89. The molecule has 230 valence electrons. The molecule has 2 bridgehead atoms. The topological polar surface area (TPSA) is 171 Å². The molecule has 1 heterocycles. The van der Waals surface area contributed by atoms with E-state index in [1.165, 1.54) is 25.7 Å². The lowest BCUT2D eigenvalue weighted by atomic mass is 9.53. The van der Waals surface area contributed by atoms with Crippen LogP contribution in [0, 0.1) is 22.7 Å². The predicted octanol–water partition coefficient (Wildman–Crippen LogP) is 3.27. The van der Waals surface area contributed by atoms with Gasteiger partial charge in [0.05, 0.1) is 12.6 Å². The summed E-state index contributed by atoms with van der Waals surface area (Å²) in [6.07, 6.45) is 11.4. The highest BCUT2D eigenvalue weighted by atomic mass is 32.2. The van der Waals surface area contributed by atoms with Crippen molar-refractivity contribution in [2.75, 3.05) is 13.2 Å². The van der Waals surface area contributed by atoms with Gasteiger partial charge in [-0.1, -0.05) is 40.0 Å². The second kappa shape index (κ2) is 13.8. The number of unbranched alkanes of at least 4 members (excludes halogenated alkanes) is 2. The number of aliphatic hydroxyl groups excluding tert-OH is 1. The molecular formula is C28H49N3O8S. The van der Waals surface area contributed by atoms with Gasteiger partial charge in [0.2, 0.25) is 17.3 Å². The van der Waals surface area contributed by atoms with E-state index in [0.29, 0.717) is 25.0 Å². The molecule has 4 atom stereocenters. The Balaban J connectivity index is 1.58. The number of aliphatic hydroxyl groups is 1. The van der Waals surface area contributed by atoms with Crippen molar-refractivity contribution in [3.63, 3.8) is 0 Å². The maximum atomic E-state index is 13.2. The molecule has 3 amide bonds. The number of hydrogen-bond acceptors (Lipinski definition) is 7. The normalized spacial score (nSPS) is 28.6. The molecule has 0 aromatic carbocycles. The van der Waals surface area contributed by atoms with Crippen molar-refractivity contribution >= 4 is 28.0 Å². The summed E-state index contributed by atoms with van der Waals surface area (Å²) in [4.78, 5) is 38.1. The van der Waals surface area contributed by atoms with Gasteiger partial charge in [0.1, 0.15) is 6.04 Å². The van der Waals surface area contributed by atoms with Crippen molar-refractivity contribution in [3.05, 3.63) is 0 Å². The smallest absolute Gasteiger partial charge is 0.407 e. The first-order chi connectivity index (χ1) is 18.8. The van der Waals surface area contributed by atoms with Crippen LogP contribution >= 0.6 is 0 Å². The van der Waals surface area contributed by atoms with Crippen molar-refractivity contribution in [1.29, 1.82) is 0 Å². The molecule has 0 radical (unpaired) electrons. The fourth-order valence-electron chi connectivity index (χ4n) is 6.70. The third kappa shape index (κ3) is 8.79. The average molecular weight is 588 g/mol. The molecule has 0 spiro atoms. The average Bonchev–Trinajstić information content (AvgIpc) is 3.31. The van der Waals surface area contributed by atoms with E-state index >= 15 is 0 Å². The second-order valence-electron chi connectivity index (χ2n) is 12.9. The fourth-order valence-corrected chi connectivity index (χ4v) is 7.30. The minimum Gasteiger partial charge on any atom is -0.449 e. The molecule has 40 heavy (non-hydrogen) atoms. The molecule has 4 aliphatic rings. The lowest BCUT2D eigenvalue weighted by molar-refractivity contribution is -0.126. The molecule has 1 unspecified atom stereocenters. The zero-order chi connectivity index (χ0) is 29.6. The Bertz CT molecular complexity index is 977. The lowest BCUT2D eigenvalue weighted by Gasteiger charge is -2.53. The summed E-state index contributed by atoms with van der Waals surface area (Å²) in [7, 11) is -4.92. The first-order valence-corrected chi connectivity index (χ1v) is 16.4. The zero-order valence-corrected chi connectivity index (χ0v) is 25.1. The van der Waals surface area contributed by atoms with Gasteiger partial charge in [-0.15, -0.1) is 0 Å². The van der Waals surface area contributed by atoms with Gasteiger partial charge in [-0.2, -0.15) is 8.42 Å². The third-order valence-corrected chi connectivity index (χ3v) is 10.3. The van der Waals surface area contributed by atoms with Gasteiger partial charge in [0.25, 0.3) is 10.1 Å². The molecule has 12 heteroatoms. The third-order valence-electron chi connectivity index (χ3n) is 9.37. The van der Waals surface area contributed by atoms with Crippen LogP contribution in [0.3, 0.4) is 0 Å². The molecule has 0 aromatic rings. The van der Waals surface area contributed by atoms with Gasteiger partial charge in [-0.05, 0) is 75.5 Å². The van der Waals surface area contributed by atoms with Crippen molar-refractivity contribution in [2.45, 2.75) is 122 Å². The van der Waals surface area contributed by atoms with Gasteiger partial charge in [0, 0.05) is 17.9 Å². The Kier molecular flexibility index (Phi) is 11.3. The van der Waals surface area contributed by atoms with Gasteiger partial charge < -0.3 is 25.8 Å². The molecule has 5 N–H and O–H groups in total. The van der Waals surface area contributed by atoms with E-state index in [2.05, 4.69) is 22.9 Å². The molecule has 1 aliphatic heterocycles. The minimum atomic E-state index is -4.92. The van der Waals surface area contributed by atoms with E-state index in [1.807, 2.05) is 13.8 Å². The van der Waals surface area contributed by atoms with Crippen LogP contribution in [0.25, 0.3) is 0 Å². The minimum absolute atomic E-state index is 0.00211. The summed E-state index contributed by atoms with van der Waals surface area (Å²) >= 11 is 0. The molecule has 0 aromatic heterocycles. The number of fused-ring (bicyclic) bond motifs is 3. The van der Waals surface area contributed by atoms with Crippen LogP contribution in [-0.4, -0.2) is 66.7 Å². The standard InChI is InChI=1S/C28H49N3O8S/c1-4-5-6-8-27-9-12-28(13-10-27,14-11-27)18-39-26(35)31-21(16-19(2)3)24(33)30-22(25(34)40(36,37)38)17-20-7-15-29-23(20)32/h19-22,25,34H,4-18H2,1-3H3,(H,29,32)(H,30,33)(H,31,35)(H,36,37,38)/t20-,21+,22+,25?,27?,28?/m1/s1. The highest BCUT2D eigenvalue weighted by molar-refractivity contribution is 7.86. The summed E-state index contributed by atoms with van der Waals surface area (Å²) in [6.45, 7) is 6.66. The number of hydrogen-bond donors (Lipinski definition) is 5. The Hall–Kier alpha value is -1.92. The van der Waals surface area contributed by atoms with E-state index in [9.17, 15) is 32.5 Å². The highest BCUT2D eigenvalue weighted by Crippen LogP contribution is 2.58. The monoisotopic (exact) mass is 587 g/mol. The number of alkyl carbamates (subject to hydrolysis) is 1. The molecule has 3 saturated carbocycles. The van der Waals surface area contributed by atoms with Crippen molar-refractivity contribution in [1.82, 2.24) is 16.0 Å². The Labute approximate surface area is 238 Å². The number of amides is 3. The number of carbonyl (C=O) groups is 3. The van der Waals surface area contributed by atoms with Gasteiger partial charge in [0.15, 0.2) is 0 Å². The van der Waals surface area contributed by atoms with Crippen LogP contribution in [0.15, 0.2) is 0 Å².